The first-order valence-corrected chi connectivity index (χ1v) is 9.25. The lowest BCUT2D eigenvalue weighted by Crippen LogP contribution is -2.44. The van der Waals surface area contributed by atoms with Gasteiger partial charge in [-0.05, 0) is 24.3 Å². The number of para-hydroxylation sites is 1. The minimum Gasteiger partial charge on any atom is -0.352 e. The second-order valence-electron chi connectivity index (χ2n) is 6.43. The number of hydrogen-bond donors (Lipinski definition) is 1. The van der Waals surface area contributed by atoms with E-state index in [2.05, 4.69) is 29.1 Å². The highest BCUT2D eigenvalue weighted by Gasteiger charge is 2.28. The molecule has 0 bridgehead atoms. The molecule has 0 unspecified atom stereocenters. The summed E-state index contributed by atoms with van der Waals surface area (Å²) in [7, 11) is 0. The van der Waals surface area contributed by atoms with E-state index in [0.717, 1.165) is 22.3 Å². The van der Waals surface area contributed by atoms with Gasteiger partial charge in [-0.3, -0.25) is 4.79 Å². The molecule has 1 N–H and O–H groups in total. The molecule has 3 rings (SSSR count). The lowest BCUT2D eigenvalue weighted by Gasteiger charge is -2.34. The van der Waals surface area contributed by atoms with Gasteiger partial charge in [-0.1, -0.05) is 56.7 Å². The molecule has 1 saturated carbocycles. The van der Waals surface area contributed by atoms with Crippen molar-refractivity contribution in [1.82, 2.24) is 15.3 Å². The summed E-state index contributed by atoms with van der Waals surface area (Å²) < 4.78 is 0. The highest BCUT2D eigenvalue weighted by molar-refractivity contribution is 8.00. The van der Waals surface area contributed by atoms with Gasteiger partial charge in [0.1, 0.15) is 11.4 Å². The van der Waals surface area contributed by atoms with Crippen LogP contribution in [0.5, 0.6) is 0 Å². The quantitative estimate of drug-likeness (QED) is 0.687. The fourth-order valence-electron chi connectivity index (χ4n) is 3.26. The number of hydrogen-bond acceptors (Lipinski definition) is 4. The van der Waals surface area contributed by atoms with E-state index < -0.39 is 0 Å². The van der Waals surface area contributed by atoms with Gasteiger partial charge in [0.15, 0.2) is 0 Å². The molecule has 1 aliphatic rings. The molecule has 0 aliphatic heterocycles. The van der Waals surface area contributed by atoms with Gasteiger partial charge in [-0.2, -0.15) is 0 Å². The SMILES string of the molecule is C[C@@H]1[C@H](C)CCC[C@@H]1NC(=O)CSc1ncnc2ccccc12. The molecule has 0 spiro atoms. The number of nitrogens with one attached hydrogen (secondary N) is 1. The molecular formula is C18H23N3OS. The van der Waals surface area contributed by atoms with Gasteiger partial charge >= 0.3 is 0 Å². The van der Waals surface area contributed by atoms with Crippen molar-refractivity contribution in [1.29, 1.82) is 0 Å². The summed E-state index contributed by atoms with van der Waals surface area (Å²) in [6, 6.07) is 8.21. The summed E-state index contributed by atoms with van der Waals surface area (Å²) >= 11 is 1.49. The zero-order valence-electron chi connectivity index (χ0n) is 13.7. The zero-order chi connectivity index (χ0) is 16.2. The van der Waals surface area contributed by atoms with Crippen LogP contribution in [0.25, 0.3) is 10.9 Å². The normalized spacial score (nSPS) is 24.5. The molecule has 2 aromatic rings. The Kier molecular flexibility index (Phi) is 5.16. The molecule has 0 saturated heterocycles. The van der Waals surface area contributed by atoms with Crippen LogP contribution in [-0.2, 0) is 4.79 Å². The third-order valence-electron chi connectivity index (χ3n) is 4.90. The van der Waals surface area contributed by atoms with E-state index in [1.54, 1.807) is 6.33 Å². The smallest absolute Gasteiger partial charge is 0.230 e. The van der Waals surface area contributed by atoms with Crippen LogP contribution in [0.15, 0.2) is 35.6 Å². The lowest BCUT2D eigenvalue weighted by atomic mass is 9.78. The van der Waals surface area contributed by atoms with E-state index in [1.165, 1.54) is 24.6 Å². The highest BCUT2D eigenvalue weighted by Crippen LogP contribution is 2.30. The average molecular weight is 329 g/mol. The van der Waals surface area contributed by atoms with E-state index >= 15 is 0 Å². The van der Waals surface area contributed by atoms with Crippen LogP contribution in [0.2, 0.25) is 0 Å². The van der Waals surface area contributed by atoms with Crippen LogP contribution in [-0.4, -0.2) is 27.7 Å². The predicted octanol–water partition coefficient (Wildman–Crippen LogP) is 3.66. The van der Waals surface area contributed by atoms with Gasteiger partial charge in [0.05, 0.1) is 11.3 Å². The van der Waals surface area contributed by atoms with Gasteiger partial charge in [0.25, 0.3) is 0 Å². The first kappa shape index (κ1) is 16.2. The van der Waals surface area contributed by atoms with Gasteiger partial charge < -0.3 is 5.32 Å². The van der Waals surface area contributed by atoms with Crippen LogP contribution < -0.4 is 5.32 Å². The van der Waals surface area contributed by atoms with Crippen molar-refractivity contribution >= 4 is 28.6 Å². The van der Waals surface area contributed by atoms with E-state index in [4.69, 9.17) is 0 Å². The van der Waals surface area contributed by atoms with Crippen molar-refractivity contribution in [3.8, 4) is 0 Å². The summed E-state index contributed by atoms with van der Waals surface area (Å²) in [4.78, 5) is 20.9. The van der Waals surface area contributed by atoms with Gasteiger partial charge in [-0.15, -0.1) is 0 Å². The van der Waals surface area contributed by atoms with Gasteiger partial charge in [-0.25, -0.2) is 9.97 Å². The summed E-state index contributed by atoms with van der Waals surface area (Å²) in [5, 5.41) is 5.09. The van der Waals surface area contributed by atoms with Crippen LogP contribution in [0.3, 0.4) is 0 Å². The molecule has 1 aromatic carbocycles. The Morgan fingerprint density at radius 3 is 2.96 bits per heavy atom. The van der Waals surface area contributed by atoms with Crippen molar-refractivity contribution in [3.63, 3.8) is 0 Å². The number of benzene rings is 1. The number of nitrogens with zero attached hydrogens (tertiary/aromatic N) is 2. The highest BCUT2D eigenvalue weighted by atomic mass is 32.2. The fraction of sp³-hybridized carbons (Fsp3) is 0.500. The standard InChI is InChI=1S/C18H23N3OS/c1-12-6-5-9-15(13(12)2)21-17(22)10-23-18-14-7-3-4-8-16(14)19-11-20-18/h3-4,7-8,11-13,15H,5-6,9-10H2,1-2H3,(H,21,22)/t12-,13-,15+/m1/s1. The molecule has 23 heavy (non-hydrogen) atoms. The summed E-state index contributed by atoms with van der Waals surface area (Å²) in [5.41, 5.74) is 0.917. The Morgan fingerprint density at radius 1 is 1.26 bits per heavy atom. The minimum absolute atomic E-state index is 0.101. The molecule has 1 fully saturated rings. The van der Waals surface area contributed by atoms with Crippen molar-refractivity contribution < 1.29 is 4.79 Å². The third-order valence-corrected chi connectivity index (χ3v) is 5.90. The Balaban J connectivity index is 1.60. The average Bonchev–Trinajstić information content (AvgIpc) is 2.57. The lowest BCUT2D eigenvalue weighted by molar-refractivity contribution is -0.119. The molecule has 122 valence electrons. The monoisotopic (exact) mass is 329 g/mol. The fourth-order valence-corrected chi connectivity index (χ4v) is 4.06. The summed E-state index contributed by atoms with van der Waals surface area (Å²) in [5.74, 6) is 1.74. The second kappa shape index (κ2) is 7.30. The number of fused-ring (bicyclic) bond motifs is 1. The number of amides is 1. The Bertz CT molecular complexity index is 686. The molecule has 1 aliphatic carbocycles. The van der Waals surface area contributed by atoms with Crippen LogP contribution in [0, 0.1) is 11.8 Å². The second-order valence-corrected chi connectivity index (χ2v) is 7.39. The van der Waals surface area contributed by atoms with Crippen LogP contribution in [0.4, 0.5) is 0 Å². The number of rotatable bonds is 4. The molecular weight excluding hydrogens is 306 g/mol. The Morgan fingerprint density at radius 2 is 2.09 bits per heavy atom. The van der Waals surface area contributed by atoms with Crippen LogP contribution >= 0.6 is 11.8 Å². The maximum atomic E-state index is 12.3. The van der Waals surface area contributed by atoms with Gasteiger partial charge in [0.2, 0.25) is 5.91 Å². The van der Waals surface area contributed by atoms with Crippen molar-refractivity contribution in [3.05, 3.63) is 30.6 Å². The number of thioether (sulfide) groups is 1. The predicted molar refractivity (Wildman–Crippen MR) is 94.4 cm³/mol. The minimum atomic E-state index is 0.101. The molecule has 1 aromatic heterocycles. The maximum absolute atomic E-state index is 12.3. The third kappa shape index (κ3) is 3.83. The van der Waals surface area contributed by atoms with Crippen LogP contribution in [0.1, 0.15) is 33.1 Å². The van der Waals surface area contributed by atoms with Crippen molar-refractivity contribution in [2.75, 3.05) is 5.75 Å². The van der Waals surface area contributed by atoms with E-state index in [0.29, 0.717) is 23.6 Å². The van der Waals surface area contributed by atoms with Crippen molar-refractivity contribution in [2.24, 2.45) is 11.8 Å². The Labute approximate surface area is 141 Å². The molecule has 1 heterocycles. The summed E-state index contributed by atoms with van der Waals surface area (Å²) in [6.45, 7) is 4.53. The molecule has 1 amide bonds. The van der Waals surface area contributed by atoms with E-state index in [1.807, 2.05) is 24.3 Å². The Hall–Kier alpha value is -1.62. The van der Waals surface area contributed by atoms with Gasteiger partial charge in [0, 0.05) is 11.4 Å². The van der Waals surface area contributed by atoms with Crippen molar-refractivity contribution in [2.45, 2.75) is 44.2 Å². The largest absolute Gasteiger partial charge is 0.352 e. The topological polar surface area (TPSA) is 54.9 Å². The number of carbonyl (C=O) groups excluding carboxylic acids is 1. The summed E-state index contributed by atoms with van der Waals surface area (Å²) in [6.07, 6.45) is 5.14. The first-order chi connectivity index (χ1) is 11.1. The van der Waals surface area contributed by atoms with E-state index in [-0.39, 0.29) is 5.91 Å². The zero-order valence-corrected chi connectivity index (χ0v) is 14.5. The number of aromatic nitrogens is 2. The molecule has 3 atom stereocenters. The first-order valence-electron chi connectivity index (χ1n) is 8.27. The number of carbonyl (C=O) groups is 1. The molecule has 5 heteroatoms. The molecule has 0 radical (unpaired) electrons. The van der Waals surface area contributed by atoms with E-state index in [9.17, 15) is 4.79 Å². The maximum Gasteiger partial charge on any atom is 0.230 e. The molecule has 4 nitrogen and oxygen atoms in total.